The molecule has 0 radical (unpaired) electrons. The minimum absolute atomic E-state index is 0.0888. The Kier molecular flexibility index (Phi) is 3.38. The molecule has 0 unspecified atom stereocenters. The van der Waals surface area contributed by atoms with Gasteiger partial charge in [0.1, 0.15) is 10.2 Å². The lowest BCUT2D eigenvalue weighted by Gasteiger charge is -2.43. The van der Waals surface area contributed by atoms with Crippen LogP contribution in [-0.4, -0.2) is 27.2 Å². The van der Waals surface area contributed by atoms with Gasteiger partial charge in [-0.15, -0.1) is 0 Å². The third-order valence-electron chi connectivity index (χ3n) is 3.59. The number of alkyl halides is 2. The third kappa shape index (κ3) is 1.91. The minimum atomic E-state index is -3.30. The molecule has 5 nitrogen and oxygen atoms in total. The molecule has 0 aromatic carbocycles. The smallest absolute Gasteiger partial charge is 0.353 e. The Bertz CT molecular complexity index is 621. The van der Waals surface area contributed by atoms with Gasteiger partial charge < -0.3 is 9.26 Å². The number of hydrogen-bond acceptors (Lipinski definition) is 6. The topological polar surface area (TPSA) is 61.0 Å². The Morgan fingerprint density at radius 1 is 1.50 bits per heavy atom. The predicted octanol–water partition coefficient (Wildman–Crippen LogP) is 3.62. The maximum absolute atomic E-state index is 14.5. The number of aromatic nitrogens is 3. The summed E-state index contributed by atoms with van der Waals surface area (Å²) in [6.07, 6.45) is 1.25. The molecule has 2 aromatic heterocycles. The van der Waals surface area contributed by atoms with Crippen LogP contribution in [0.5, 0.6) is 0 Å². The average molecular weight is 366 g/mol. The monoisotopic (exact) mass is 365 g/mol. The zero-order valence-corrected chi connectivity index (χ0v) is 12.8. The average Bonchev–Trinajstić information content (AvgIpc) is 2.95. The van der Waals surface area contributed by atoms with Gasteiger partial charge in [-0.05, 0) is 46.7 Å². The van der Waals surface area contributed by atoms with Crippen molar-refractivity contribution in [3.05, 3.63) is 15.9 Å². The van der Waals surface area contributed by atoms with E-state index in [1.54, 1.807) is 5.38 Å². The highest BCUT2D eigenvalue weighted by Crippen LogP contribution is 2.52. The lowest BCUT2D eigenvalue weighted by molar-refractivity contribution is -0.249. The van der Waals surface area contributed by atoms with Gasteiger partial charge >= 0.3 is 11.8 Å². The Balaban J connectivity index is 1.96. The van der Waals surface area contributed by atoms with Gasteiger partial charge in [0.2, 0.25) is 5.82 Å². The van der Waals surface area contributed by atoms with Crippen LogP contribution < -0.4 is 0 Å². The summed E-state index contributed by atoms with van der Waals surface area (Å²) >= 11 is 4.38. The van der Waals surface area contributed by atoms with E-state index in [2.05, 4.69) is 30.4 Å². The van der Waals surface area contributed by atoms with Gasteiger partial charge in [-0.2, -0.15) is 18.1 Å². The number of ether oxygens (including phenoxy) is 1. The lowest BCUT2D eigenvalue weighted by Crippen LogP contribution is -2.53. The molecule has 0 amide bonds. The molecule has 1 fully saturated rings. The molecule has 0 atom stereocenters. The Labute approximate surface area is 125 Å². The summed E-state index contributed by atoms with van der Waals surface area (Å²) in [4.78, 5) is 3.81. The molecular formula is C11H10BrF2N3O2S. The molecule has 1 aliphatic rings. The van der Waals surface area contributed by atoms with Crippen molar-refractivity contribution in [2.75, 3.05) is 7.11 Å². The summed E-state index contributed by atoms with van der Waals surface area (Å²) < 4.78 is 43.2. The van der Waals surface area contributed by atoms with E-state index in [-0.39, 0.29) is 18.7 Å². The summed E-state index contributed by atoms with van der Waals surface area (Å²) in [5.41, 5.74) is -0.998. The number of methoxy groups -OCH3 is 1. The van der Waals surface area contributed by atoms with Crippen molar-refractivity contribution >= 4 is 27.5 Å². The standard InChI is InChI=1S/C11H10BrF2N3O2S/c1-18-10(3-2-4-10)11(13,14)9-15-8(16-19-9)6-5-20-17-7(6)12/h5H,2-4H2,1H3. The zero-order chi connectivity index (χ0) is 14.4. The fraction of sp³-hybridized carbons (Fsp3) is 0.545. The Morgan fingerprint density at radius 3 is 2.75 bits per heavy atom. The van der Waals surface area contributed by atoms with Crippen molar-refractivity contribution < 1.29 is 18.0 Å². The van der Waals surface area contributed by atoms with E-state index < -0.39 is 17.4 Å². The molecule has 0 saturated heterocycles. The fourth-order valence-corrected chi connectivity index (χ4v) is 3.43. The molecule has 2 aromatic rings. The largest absolute Gasteiger partial charge is 0.371 e. The fourth-order valence-electron chi connectivity index (χ4n) is 2.17. The van der Waals surface area contributed by atoms with Crippen molar-refractivity contribution in [2.24, 2.45) is 0 Å². The number of rotatable bonds is 4. The van der Waals surface area contributed by atoms with Crippen LogP contribution in [0.15, 0.2) is 14.5 Å². The zero-order valence-electron chi connectivity index (χ0n) is 10.4. The van der Waals surface area contributed by atoms with Crippen LogP contribution in [0, 0.1) is 0 Å². The molecular weight excluding hydrogens is 356 g/mol. The van der Waals surface area contributed by atoms with Gasteiger partial charge in [-0.25, -0.2) is 0 Å². The van der Waals surface area contributed by atoms with Gasteiger partial charge in [0, 0.05) is 12.5 Å². The maximum Gasteiger partial charge on any atom is 0.353 e. The summed E-state index contributed by atoms with van der Waals surface area (Å²) in [6, 6.07) is 0. The molecule has 20 heavy (non-hydrogen) atoms. The van der Waals surface area contributed by atoms with Gasteiger partial charge in [-0.1, -0.05) is 5.16 Å². The van der Waals surface area contributed by atoms with E-state index in [9.17, 15) is 8.78 Å². The van der Waals surface area contributed by atoms with E-state index >= 15 is 0 Å². The van der Waals surface area contributed by atoms with Gasteiger partial charge in [0.05, 0.1) is 5.56 Å². The van der Waals surface area contributed by atoms with Crippen LogP contribution in [0.1, 0.15) is 25.2 Å². The molecule has 3 rings (SSSR count). The normalized spacial score (nSPS) is 18.0. The van der Waals surface area contributed by atoms with Crippen molar-refractivity contribution in [1.82, 2.24) is 14.5 Å². The van der Waals surface area contributed by atoms with Crippen molar-refractivity contribution in [1.29, 1.82) is 0 Å². The predicted molar refractivity (Wildman–Crippen MR) is 70.6 cm³/mol. The van der Waals surface area contributed by atoms with Crippen LogP contribution in [0.3, 0.4) is 0 Å². The molecule has 2 heterocycles. The number of nitrogens with zero attached hydrogens (tertiary/aromatic N) is 3. The van der Waals surface area contributed by atoms with E-state index in [1.807, 2.05) is 0 Å². The van der Waals surface area contributed by atoms with E-state index in [4.69, 9.17) is 9.26 Å². The Hall–Kier alpha value is -0.930. The number of halogens is 3. The van der Waals surface area contributed by atoms with Crippen LogP contribution in [-0.2, 0) is 10.7 Å². The SMILES string of the molecule is COC1(C(F)(F)c2nc(-c3csnc3Br)no2)CCC1. The molecule has 108 valence electrons. The maximum atomic E-state index is 14.5. The van der Waals surface area contributed by atoms with Gasteiger partial charge in [0.15, 0.2) is 0 Å². The van der Waals surface area contributed by atoms with Crippen molar-refractivity contribution in [2.45, 2.75) is 30.8 Å². The highest BCUT2D eigenvalue weighted by molar-refractivity contribution is 9.10. The second-order valence-corrected chi connectivity index (χ2v) is 5.95. The highest BCUT2D eigenvalue weighted by atomic mass is 79.9. The summed E-state index contributed by atoms with van der Waals surface area (Å²) in [5.74, 6) is -3.93. The second kappa shape index (κ2) is 4.81. The molecule has 9 heteroatoms. The molecule has 1 aliphatic carbocycles. The van der Waals surface area contributed by atoms with Gasteiger partial charge in [-0.3, -0.25) is 0 Å². The molecule has 1 saturated carbocycles. The first-order valence-electron chi connectivity index (χ1n) is 5.87. The second-order valence-electron chi connectivity index (χ2n) is 4.57. The van der Waals surface area contributed by atoms with Crippen LogP contribution in [0.4, 0.5) is 8.78 Å². The quantitative estimate of drug-likeness (QED) is 0.827. The van der Waals surface area contributed by atoms with E-state index in [0.29, 0.717) is 16.6 Å². The first-order chi connectivity index (χ1) is 9.50. The summed E-state index contributed by atoms with van der Waals surface area (Å²) in [6.45, 7) is 0. The molecule has 0 spiro atoms. The third-order valence-corrected chi connectivity index (χ3v) is 5.05. The van der Waals surface area contributed by atoms with Crippen molar-refractivity contribution in [3.63, 3.8) is 0 Å². The van der Waals surface area contributed by atoms with Crippen LogP contribution >= 0.6 is 27.5 Å². The molecule has 0 aliphatic heterocycles. The van der Waals surface area contributed by atoms with Crippen molar-refractivity contribution in [3.8, 4) is 11.4 Å². The summed E-state index contributed by atoms with van der Waals surface area (Å²) in [7, 11) is 1.28. The van der Waals surface area contributed by atoms with Crippen LogP contribution in [0.25, 0.3) is 11.4 Å². The van der Waals surface area contributed by atoms with Gasteiger partial charge in [0.25, 0.3) is 0 Å². The van der Waals surface area contributed by atoms with E-state index in [1.165, 1.54) is 18.6 Å². The highest BCUT2D eigenvalue weighted by Gasteiger charge is 2.62. The molecule has 0 bridgehead atoms. The Morgan fingerprint density at radius 2 is 2.25 bits per heavy atom. The molecule has 0 N–H and O–H groups in total. The summed E-state index contributed by atoms with van der Waals surface area (Å²) in [5, 5.41) is 5.27. The van der Waals surface area contributed by atoms with Crippen LogP contribution in [0.2, 0.25) is 0 Å². The first kappa shape index (κ1) is 14.0. The first-order valence-corrected chi connectivity index (χ1v) is 7.50. The minimum Gasteiger partial charge on any atom is -0.371 e. The lowest BCUT2D eigenvalue weighted by atomic mass is 9.75. The number of hydrogen-bond donors (Lipinski definition) is 0. The van der Waals surface area contributed by atoms with E-state index in [0.717, 1.165) is 0 Å².